The zero-order valence-corrected chi connectivity index (χ0v) is 10.1. The molecular weight excluding hydrogens is 225 g/mol. The molecule has 0 bridgehead atoms. The van der Waals surface area contributed by atoms with Crippen molar-refractivity contribution >= 4 is 5.91 Å². The standard InChI is InChI=1S/C12H16FNO3/c1-8(7-16-2)14-12(15)9-4-5-11(17-3)10(13)6-9/h4-6,8H,7H2,1-3H3,(H,14,15). The van der Waals surface area contributed by atoms with Gasteiger partial charge in [0.25, 0.3) is 5.91 Å². The topological polar surface area (TPSA) is 47.6 Å². The number of rotatable bonds is 5. The van der Waals surface area contributed by atoms with Gasteiger partial charge in [-0.25, -0.2) is 4.39 Å². The van der Waals surface area contributed by atoms with Crippen LogP contribution in [0.4, 0.5) is 4.39 Å². The van der Waals surface area contributed by atoms with Crippen molar-refractivity contribution in [2.75, 3.05) is 20.8 Å². The Morgan fingerprint density at radius 2 is 2.18 bits per heavy atom. The van der Waals surface area contributed by atoms with Gasteiger partial charge in [-0.15, -0.1) is 0 Å². The zero-order valence-electron chi connectivity index (χ0n) is 10.1. The molecule has 0 radical (unpaired) electrons. The van der Waals surface area contributed by atoms with E-state index in [0.29, 0.717) is 6.61 Å². The number of carbonyl (C=O) groups is 1. The predicted octanol–water partition coefficient (Wildman–Crippen LogP) is 1.60. The molecule has 1 aromatic carbocycles. The first-order valence-electron chi connectivity index (χ1n) is 5.21. The van der Waals surface area contributed by atoms with Crippen molar-refractivity contribution in [2.45, 2.75) is 13.0 Å². The molecule has 1 rings (SSSR count). The number of benzene rings is 1. The fourth-order valence-corrected chi connectivity index (χ4v) is 1.41. The van der Waals surface area contributed by atoms with Gasteiger partial charge in [0.1, 0.15) is 0 Å². The first-order chi connectivity index (χ1) is 8.08. The third-order valence-corrected chi connectivity index (χ3v) is 2.21. The Balaban J connectivity index is 2.72. The number of nitrogens with one attached hydrogen (secondary N) is 1. The monoisotopic (exact) mass is 241 g/mol. The Morgan fingerprint density at radius 3 is 2.71 bits per heavy atom. The molecule has 0 spiro atoms. The smallest absolute Gasteiger partial charge is 0.251 e. The molecule has 0 aliphatic heterocycles. The van der Waals surface area contributed by atoms with Gasteiger partial charge in [-0.1, -0.05) is 0 Å². The highest BCUT2D eigenvalue weighted by molar-refractivity contribution is 5.94. The number of amides is 1. The first kappa shape index (κ1) is 13.4. The van der Waals surface area contributed by atoms with Gasteiger partial charge in [-0.3, -0.25) is 4.79 Å². The minimum Gasteiger partial charge on any atom is -0.494 e. The molecule has 0 fully saturated rings. The Bertz CT molecular complexity index is 395. The van der Waals surface area contributed by atoms with Crippen molar-refractivity contribution in [2.24, 2.45) is 0 Å². The lowest BCUT2D eigenvalue weighted by atomic mass is 10.2. The number of hydrogen-bond acceptors (Lipinski definition) is 3. The maximum atomic E-state index is 13.4. The van der Waals surface area contributed by atoms with Crippen molar-refractivity contribution in [1.82, 2.24) is 5.32 Å². The summed E-state index contributed by atoms with van der Waals surface area (Å²) in [5, 5.41) is 2.69. The van der Waals surface area contributed by atoms with Crippen LogP contribution in [0.5, 0.6) is 5.75 Å². The van der Waals surface area contributed by atoms with Gasteiger partial charge in [-0.2, -0.15) is 0 Å². The molecule has 0 heterocycles. The van der Waals surface area contributed by atoms with Crippen LogP contribution >= 0.6 is 0 Å². The third kappa shape index (κ3) is 3.71. The van der Waals surface area contributed by atoms with Crippen LogP contribution in [0.25, 0.3) is 0 Å². The second-order valence-corrected chi connectivity index (χ2v) is 3.68. The van der Waals surface area contributed by atoms with Crippen molar-refractivity contribution in [3.8, 4) is 5.75 Å². The Kier molecular flexibility index (Phi) is 4.90. The second-order valence-electron chi connectivity index (χ2n) is 3.68. The molecule has 4 nitrogen and oxygen atoms in total. The molecule has 0 saturated carbocycles. The SMILES string of the molecule is COCC(C)NC(=O)c1ccc(OC)c(F)c1. The summed E-state index contributed by atoms with van der Waals surface area (Å²) in [7, 11) is 2.93. The summed E-state index contributed by atoms with van der Waals surface area (Å²) in [6.45, 7) is 2.21. The van der Waals surface area contributed by atoms with Crippen LogP contribution in [0.3, 0.4) is 0 Å². The maximum Gasteiger partial charge on any atom is 0.251 e. The molecule has 1 unspecified atom stereocenters. The number of hydrogen-bond donors (Lipinski definition) is 1. The van der Waals surface area contributed by atoms with E-state index in [1.54, 1.807) is 14.0 Å². The van der Waals surface area contributed by atoms with Crippen LogP contribution in [0.1, 0.15) is 17.3 Å². The van der Waals surface area contributed by atoms with Gasteiger partial charge in [0.2, 0.25) is 0 Å². The molecule has 1 N–H and O–H groups in total. The summed E-state index contributed by atoms with van der Waals surface area (Å²) in [5.74, 6) is -0.776. The van der Waals surface area contributed by atoms with Crippen LogP contribution in [0.2, 0.25) is 0 Å². The van der Waals surface area contributed by atoms with E-state index in [-0.39, 0.29) is 23.3 Å². The molecule has 0 aliphatic rings. The lowest BCUT2D eigenvalue weighted by Crippen LogP contribution is -2.35. The van der Waals surface area contributed by atoms with Gasteiger partial charge in [0.05, 0.1) is 13.7 Å². The fourth-order valence-electron chi connectivity index (χ4n) is 1.41. The van der Waals surface area contributed by atoms with Crippen molar-refractivity contribution in [3.63, 3.8) is 0 Å². The predicted molar refractivity (Wildman–Crippen MR) is 61.8 cm³/mol. The molecular formula is C12H16FNO3. The van der Waals surface area contributed by atoms with E-state index in [0.717, 1.165) is 6.07 Å². The van der Waals surface area contributed by atoms with Crippen molar-refractivity contribution in [3.05, 3.63) is 29.6 Å². The highest BCUT2D eigenvalue weighted by Crippen LogP contribution is 2.17. The van der Waals surface area contributed by atoms with E-state index in [9.17, 15) is 9.18 Å². The Morgan fingerprint density at radius 1 is 1.47 bits per heavy atom. The minimum atomic E-state index is -0.556. The van der Waals surface area contributed by atoms with Crippen LogP contribution in [0, 0.1) is 5.82 Å². The van der Waals surface area contributed by atoms with Gasteiger partial charge in [0.15, 0.2) is 11.6 Å². The van der Waals surface area contributed by atoms with Gasteiger partial charge >= 0.3 is 0 Å². The quantitative estimate of drug-likeness (QED) is 0.851. The summed E-state index contributed by atoms with van der Waals surface area (Å²) in [5.41, 5.74) is 0.256. The normalized spacial score (nSPS) is 12.0. The molecule has 94 valence electrons. The van der Waals surface area contributed by atoms with E-state index in [1.807, 2.05) is 0 Å². The highest BCUT2D eigenvalue weighted by Gasteiger charge is 2.12. The minimum absolute atomic E-state index is 0.117. The summed E-state index contributed by atoms with van der Waals surface area (Å²) in [4.78, 5) is 11.7. The van der Waals surface area contributed by atoms with Crippen molar-refractivity contribution < 1.29 is 18.7 Å². The average Bonchev–Trinajstić information content (AvgIpc) is 2.29. The first-order valence-corrected chi connectivity index (χ1v) is 5.21. The molecule has 17 heavy (non-hydrogen) atoms. The number of carbonyl (C=O) groups excluding carboxylic acids is 1. The molecule has 1 atom stereocenters. The number of halogens is 1. The van der Waals surface area contributed by atoms with Crippen molar-refractivity contribution in [1.29, 1.82) is 0 Å². The van der Waals surface area contributed by atoms with Crippen LogP contribution in [-0.2, 0) is 4.74 Å². The molecule has 1 amide bonds. The fraction of sp³-hybridized carbons (Fsp3) is 0.417. The Hall–Kier alpha value is -1.62. The summed E-state index contributed by atoms with van der Waals surface area (Å²) >= 11 is 0. The maximum absolute atomic E-state index is 13.4. The van der Waals surface area contributed by atoms with Gasteiger partial charge in [0, 0.05) is 18.7 Å². The molecule has 5 heteroatoms. The lowest BCUT2D eigenvalue weighted by Gasteiger charge is -2.13. The lowest BCUT2D eigenvalue weighted by molar-refractivity contribution is 0.0905. The summed E-state index contributed by atoms with van der Waals surface area (Å²) in [6.07, 6.45) is 0. The number of ether oxygens (including phenoxy) is 2. The summed E-state index contributed by atoms with van der Waals surface area (Å²) in [6, 6.07) is 3.95. The van der Waals surface area contributed by atoms with Gasteiger partial charge in [-0.05, 0) is 25.1 Å². The van der Waals surface area contributed by atoms with Crippen LogP contribution < -0.4 is 10.1 Å². The van der Waals surface area contributed by atoms with Gasteiger partial charge < -0.3 is 14.8 Å². The molecule has 0 saturated heterocycles. The second kappa shape index (κ2) is 6.20. The van der Waals surface area contributed by atoms with E-state index < -0.39 is 5.82 Å². The van der Waals surface area contributed by atoms with Crippen LogP contribution in [0.15, 0.2) is 18.2 Å². The van der Waals surface area contributed by atoms with E-state index in [2.05, 4.69) is 5.32 Å². The van der Waals surface area contributed by atoms with E-state index in [1.165, 1.54) is 19.2 Å². The van der Waals surface area contributed by atoms with E-state index in [4.69, 9.17) is 9.47 Å². The Labute approximate surface area is 99.7 Å². The highest BCUT2D eigenvalue weighted by atomic mass is 19.1. The molecule has 1 aromatic rings. The third-order valence-electron chi connectivity index (χ3n) is 2.21. The van der Waals surface area contributed by atoms with Crippen LogP contribution in [-0.4, -0.2) is 32.8 Å². The largest absolute Gasteiger partial charge is 0.494 e. The number of methoxy groups -OCH3 is 2. The molecule has 0 aromatic heterocycles. The average molecular weight is 241 g/mol. The summed E-state index contributed by atoms with van der Waals surface area (Å²) < 4.78 is 23.0. The zero-order chi connectivity index (χ0) is 12.8. The van der Waals surface area contributed by atoms with E-state index >= 15 is 0 Å². The molecule has 0 aliphatic carbocycles.